The molecule has 1 N–H and O–H groups in total. The van der Waals surface area contributed by atoms with Gasteiger partial charge in [-0.15, -0.1) is 0 Å². The molecule has 154 valence electrons. The Morgan fingerprint density at radius 1 is 1.14 bits per heavy atom. The molecule has 2 aromatic heterocycles. The van der Waals surface area contributed by atoms with Gasteiger partial charge in [-0.25, -0.2) is 23.1 Å². The molecular weight excluding hydrogens is 407 g/mol. The highest BCUT2D eigenvalue weighted by atomic mass is 32.2. The summed E-state index contributed by atoms with van der Waals surface area (Å²) in [5.41, 5.74) is 0.987. The van der Waals surface area contributed by atoms with Crippen molar-refractivity contribution in [3.05, 3.63) is 54.7 Å². The van der Waals surface area contributed by atoms with Crippen LogP contribution in [0.3, 0.4) is 0 Å². The minimum absolute atomic E-state index is 0.0448. The maximum atomic E-state index is 12.8. The highest BCUT2D eigenvalue weighted by molar-refractivity contribution is 7.89. The van der Waals surface area contributed by atoms with E-state index in [0.717, 1.165) is 12.3 Å². The van der Waals surface area contributed by atoms with Crippen LogP contribution in [0.1, 0.15) is 5.69 Å². The van der Waals surface area contributed by atoms with Gasteiger partial charge < -0.3 is 9.47 Å². The summed E-state index contributed by atoms with van der Waals surface area (Å²) in [7, 11) is 1.04. The van der Waals surface area contributed by atoms with Gasteiger partial charge in [-0.3, -0.25) is 0 Å². The molecule has 0 unspecified atom stereocenters. The molecule has 29 heavy (non-hydrogen) atoms. The maximum absolute atomic E-state index is 12.8. The Hall–Kier alpha value is -2.92. The summed E-state index contributed by atoms with van der Waals surface area (Å²) < 4.78 is 66.7. The Morgan fingerprint density at radius 3 is 2.38 bits per heavy atom. The van der Waals surface area contributed by atoms with Crippen LogP contribution in [0.5, 0.6) is 0 Å². The second-order valence-electron chi connectivity index (χ2n) is 6.27. The summed E-state index contributed by atoms with van der Waals surface area (Å²) in [5, 5.41) is 0. The number of halogens is 3. The molecular formula is C18H18F3N5O2S. The lowest BCUT2D eigenvalue weighted by Crippen LogP contribution is -2.19. The number of hydrogen-bond acceptors (Lipinski definition) is 5. The van der Waals surface area contributed by atoms with Gasteiger partial charge in [-0.2, -0.15) is 13.2 Å². The number of aryl methyl sites for hydroxylation is 1. The number of benzene rings is 1. The van der Waals surface area contributed by atoms with Crippen LogP contribution in [-0.2, 0) is 23.2 Å². The average molecular weight is 425 g/mol. The maximum Gasteiger partial charge on any atom is 0.433 e. The highest BCUT2D eigenvalue weighted by Gasteiger charge is 2.32. The van der Waals surface area contributed by atoms with Gasteiger partial charge in [-0.05, 0) is 37.4 Å². The van der Waals surface area contributed by atoms with Crippen LogP contribution in [0.2, 0.25) is 0 Å². The van der Waals surface area contributed by atoms with Gasteiger partial charge in [0.1, 0.15) is 5.69 Å². The number of imidazole rings is 1. The summed E-state index contributed by atoms with van der Waals surface area (Å²) in [6.07, 6.45) is -0.131. The fourth-order valence-corrected chi connectivity index (χ4v) is 3.50. The number of alkyl halides is 3. The lowest BCUT2D eigenvalue weighted by atomic mass is 10.1. The van der Waals surface area contributed by atoms with Crippen molar-refractivity contribution in [3.8, 4) is 11.3 Å². The van der Waals surface area contributed by atoms with Gasteiger partial charge >= 0.3 is 6.18 Å². The van der Waals surface area contributed by atoms with Crippen LogP contribution in [0.15, 0.2) is 53.9 Å². The summed E-state index contributed by atoms with van der Waals surface area (Å²) in [5.74, 6) is 0. The zero-order chi connectivity index (χ0) is 21.4. The van der Waals surface area contributed by atoms with Crippen LogP contribution in [0.25, 0.3) is 11.3 Å². The molecule has 0 atom stereocenters. The first-order valence-corrected chi connectivity index (χ1v) is 9.84. The van der Waals surface area contributed by atoms with Crippen LogP contribution >= 0.6 is 0 Å². The first kappa shape index (κ1) is 20.8. The van der Waals surface area contributed by atoms with E-state index in [1.54, 1.807) is 42.2 Å². The first-order valence-electron chi connectivity index (χ1n) is 8.36. The van der Waals surface area contributed by atoms with E-state index < -0.39 is 21.9 Å². The zero-order valence-corrected chi connectivity index (χ0v) is 16.6. The van der Waals surface area contributed by atoms with E-state index in [2.05, 4.69) is 14.7 Å². The molecule has 0 radical (unpaired) electrons. The molecule has 2 heterocycles. The van der Waals surface area contributed by atoms with Crippen molar-refractivity contribution in [1.82, 2.24) is 19.3 Å². The van der Waals surface area contributed by atoms with Gasteiger partial charge in [0, 0.05) is 25.9 Å². The minimum Gasteiger partial charge on any atom is -0.343 e. The van der Waals surface area contributed by atoms with Crippen LogP contribution in [0, 0.1) is 0 Å². The molecule has 0 saturated heterocycles. The van der Waals surface area contributed by atoms with Gasteiger partial charge in [0.2, 0.25) is 10.0 Å². The second-order valence-corrected chi connectivity index (χ2v) is 8.16. The molecule has 11 heteroatoms. The number of anilines is 2. The Labute approximate surface area is 165 Å². The molecule has 0 aliphatic carbocycles. The molecule has 0 fully saturated rings. The third-order valence-corrected chi connectivity index (χ3v) is 5.73. The lowest BCUT2D eigenvalue weighted by Gasteiger charge is -2.23. The highest BCUT2D eigenvalue weighted by Crippen LogP contribution is 2.36. The van der Waals surface area contributed by atoms with E-state index in [9.17, 15) is 21.6 Å². The Kier molecular flexibility index (Phi) is 5.37. The number of sulfonamides is 1. The van der Waals surface area contributed by atoms with Crippen molar-refractivity contribution in [2.75, 3.05) is 19.0 Å². The molecule has 0 spiro atoms. The fraction of sp³-hybridized carbons (Fsp3) is 0.222. The smallest absolute Gasteiger partial charge is 0.343 e. The Balaban J connectivity index is 2.10. The molecule has 1 aromatic carbocycles. The van der Waals surface area contributed by atoms with Crippen LogP contribution < -0.4 is 9.62 Å². The number of nitrogens with zero attached hydrogens (tertiary/aromatic N) is 4. The van der Waals surface area contributed by atoms with Gasteiger partial charge in [0.05, 0.1) is 34.5 Å². The first-order chi connectivity index (χ1) is 13.5. The van der Waals surface area contributed by atoms with Crippen molar-refractivity contribution < 1.29 is 21.6 Å². The average Bonchev–Trinajstić information content (AvgIpc) is 3.12. The van der Waals surface area contributed by atoms with Gasteiger partial charge in [-0.1, -0.05) is 0 Å². The summed E-state index contributed by atoms with van der Waals surface area (Å²) in [6.45, 7) is 0. The molecule has 0 amide bonds. The van der Waals surface area contributed by atoms with Crippen molar-refractivity contribution in [3.63, 3.8) is 0 Å². The molecule has 0 saturated carbocycles. The largest absolute Gasteiger partial charge is 0.433 e. The van der Waals surface area contributed by atoms with Crippen molar-refractivity contribution >= 4 is 21.4 Å². The van der Waals surface area contributed by atoms with E-state index in [4.69, 9.17) is 0 Å². The summed E-state index contributed by atoms with van der Waals surface area (Å²) >= 11 is 0. The standard InChI is InChI=1S/C18H18F3N5O2S/c1-22-29(27,28)13-5-6-16(14(8-13)15-10-25(2)11-24-15)26(3)12-4-7-17(23-9-12)18(19,20)21/h4-11,22H,1-3H3. The molecule has 0 bridgehead atoms. The predicted molar refractivity (Wildman–Crippen MR) is 102 cm³/mol. The number of rotatable bonds is 5. The van der Waals surface area contributed by atoms with Crippen molar-refractivity contribution in [1.29, 1.82) is 0 Å². The predicted octanol–water partition coefficient (Wildman–Crippen LogP) is 3.18. The van der Waals surface area contributed by atoms with E-state index >= 15 is 0 Å². The van der Waals surface area contributed by atoms with Crippen LogP contribution in [-0.4, -0.2) is 37.0 Å². The van der Waals surface area contributed by atoms with Gasteiger partial charge in [0.15, 0.2) is 0 Å². The third kappa shape index (κ3) is 4.25. The van der Waals surface area contributed by atoms with E-state index in [1.807, 2.05) is 0 Å². The van der Waals surface area contributed by atoms with Gasteiger partial charge in [0.25, 0.3) is 0 Å². The number of nitrogens with one attached hydrogen (secondary N) is 1. The van der Waals surface area contributed by atoms with Crippen molar-refractivity contribution in [2.24, 2.45) is 7.05 Å². The minimum atomic E-state index is -4.53. The summed E-state index contributed by atoms with van der Waals surface area (Å²) in [4.78, 5) is 9.42. The van der Waals surface area contributed by atoms with Crippen molar-refractivity contribution in [2.45, 2.75) is 11.1 Å². The quantitative estimate of drug-likeness (QED) is 0.679. The lowest BCUT2D eigenvalue weighted by molar-refractivity contribution is -0.141. The van der Waals surface area contributed by atoms with E-state index in [1.165, 1.54) is 25.2 Å². The van der Waals surface area contributed by atoms with E-state index in [-0.39, 0.29) is 4.90 Å². The molecule has 3 rings (SSSR count). The number of hydrogen-bond donors (Lipinski definition) is 1. The Bertz CT molecular complexity index is 1130. The monoisotopic (exact) mass is 425 g/mol. The molecule has 0 aliphatic rings. The SMILES string of the molecule is CNS(=O)(=O)c1ccc(N(C)c2ccc(C(F)(F)F)nc2)c(-c2cn(C)cn2)c1. The zero-order valence-electron chi connectivity index (χ0n) is 15.8. The second kappa shape index (κ2) is 7.48. The molecule has 0 aliphatic heterocycles. The Morgan fingerprint density at radius 2 is 1.86 bits per heavy atom. The fourth-order valence-electron chi connectivity index (χ4n) is 2.74. The number of pyridine rings is 1. The third-order valence-electron chi connectivity index (χ3n) is 4.31. The normalized spacial score (nSPS) is 12.2. The van der Waals surface area contributed by atoms with Crippen LogP contribution in [0.4, 0.5) is 24.5 Å². The number of aromatic nitrogens is 3. The molecule has 7 nitrogen and oxygen atoms in total. The topological polar surface area (TPSA) is 80.1 Å². The summed E-state index contributed by atoms with van der Waals surface area (Å²) in [6, 6.07) is 6.66. The molecule has 3 aromatic rings. The van der Waals surface area contributed by atoms with E-state index in [0.29, 0.717) is 22.6 Å².